The van der Waals surface area contributed by atoms with Crippen molar-refractivity contribution in [3.05, 3.63) is 0 Å². The summed E-state index contributed by atoms with van der Waals surface area (Å²) in [4.78, 5) is 45.5. The minimum Gasteiger partial charge on any atom is -0.435 e. The molecule has 0 aliphatic carbocycles. The van der Waals surface area contributed by atoms with Gasteiger partial charge in [0.2, 0.25) is 12.6 Å². The summed E-state index contributed by atoms with van der Waals surface area (Å²) in [5.74, 6) is -0.873. The molecule has 0 spiro atoms. The number of ether oxygens (including phenoxy) is 6. The number of hydrogen-bond acceptors (Lipinski definition) is 10. The largest absolute Gasteiger partial charge is 0.511 e. The third kappa shape index (κ3) is 16.4. The van der Waals surface area contributed by atoms with Crippen molar-refractivity contribution < 1.29 is 47.6 Å². The quantitative estimate of drug-likeness (QED) is 0.160. The molecule has 0 rings (SSSR count). The minimum atomic E-state index is -0.985. The van der Waals surface area contributed by atoms with E-state index >= 15 is 0 Å². The van der Waals surface area contributed by atoms with E-state index < -0.39 is 36.8 Å². The van der Waals surface area contributed by atoms with Crippen LogP contribution in [-0.2, 0) is 38.0 Å². The molecular weight excluding hydrogens is 400 g/mol. The average molecular weight is 434 g/mol. The summed E-state index contributed by atoms with van der Waals surface area (Å²) in [6, 6.07) is 0. The first-order valence-electron chi connectivity index (χ1n) is 10.3. The third-order valence-corrected chi connectivity index (χ3v) is 3.66. The van der Waals surface area contributed by atoms with Gasteiger partial charge in [-0.05, 0) is 26.7 Å². The maximum Gasteiger partial charge on any atom is 0.511 e. The van der Waals surface area contributed by atoms with Gasteiger partial charge in [-0.1, -0.05) is 25.7 Å². The lowest BCUT2D eigenvalue weighted by Crippen LogP contribution is -2.22. The van der Waals surface area contributed by atoms with Gasteiger partial charge in [0.25, 0.3) is 0 Å². The maximum atomic E-state index is 11.6. The van der Waals surface area contributed by atoms with Gasteiger partial charge in [0, 0.05) is 26.7 Å². The molecule has 0 fully saturated rings. The van der Waals surface area contributed by atoms with Crippen LogP contribution in [0.15, 0.2) is 0 Å². The van der Waals surface area contributed by atoms with E-state index in [1.165, 1.54) is 13.8 Å². The van der Waals surface area contributed by atoms with Crippen molar-refractivity contribution >= 4 is 24.2 Å². The van der Waals surface area contributed by atoms with Crippen LogP contribution in [0.4, 0.5) is 9.59 Å². The standard InChI is InChI=1S/C20H34O10/c1-5-25-19(23)29-15(3)27-17(21)13-11-9-7-8-10-12-14-18(22)28-16(4)30-20(24)26-6-2/h15-16H,5-14H2,1-4H3. The molecule has 0 N–H and O–H groups in total. The second kappa shape index (κ2) is 17.3. The van der Waals surface area contributed by atoms with Gasteiger partial charge in [0.15, 0.2) is 0 Å². The smallest absolute Gasteiger partial charge is 0.435 e. The fraction of sp³-hybridized carbons (Fsp3) is 0.800. The summed E-state index contributed by atoms with van der Waals surface area (Å²) >= 11 is 0. The average Bonchev–Trinajstić information content (AvgIpc) is 2.63. The Bertz CT molecular complexity index is 474. The summed E-state index contributed by atoms with van der Waals surface area (Å²) in [6.07, 6.45) is 1.61. The van der Waals surface area contributed by atoms with Crippen molar-refractivity contribution in [3.63, 3.8) is 0 Å². The molecule has 0 aromatic carbocycles. The topological polar surface area (TPSA) is 124 Å². The van der Waals surface area contributed by atoms with Crippen molar-refractivity contribution in [1.29, 1.82) is 0 Å². The number of carbonyl (C=O) groups is 4. The molecule has 2 atom stereocenters. The Morgan fingerprint density at radius 3 is 1.23 bits per heavy atom. The Labute approximate surface area is 177 Å². The highest BCUT2D eigenvalue weighted by Crippen LogP contribution is 2.11. The van der Waals surface area contributed by atoms with Gasteiger partial charge in [-0.15, -0.1) is 0 Å². The highest BCUT2D eigenvalue weighted by atomic mass is 16.8. The van der Waals surface area contributed by atoms with Crippen molar-refractivity contribution in [1.82, 2.24) is 0 Å². The lowest BCUT2D eigenvalue weighted by molar-refractivity contribution is -0.169. The van der Waals surface area contributed by atoms with Crippen LogP contribution < -0.4 is 0 Å². The zero-order valence-corrected chi connectivity index (χ0v) is 18.3. The minimum absolute atomic E-state index is 0.184. The molecule has 0 radical (unpaired) electrons. The number of esters is 2. The van der Waals surface area contributed by atoms with E-state index in [1.807, 2.05) is 0 Å². The molecular formula is C20H34O10. The summed E-state index contributed by atoms with van der Waals surface area (Å²) in [6.45, 7) is 6.56. The molecule has 0 saturated heterocycles. The molecule has 0 heterocycles. The van der Waals surface area contributed by atoms with Crippen LogP contribution in [0.3, 0.4) is 0 Å². The Hall–Kier alpha value is -2.52. The Kier molecular flexibility index (Phi) is 15.9. The van der Waals surface area contributed by atoms with E-state index in [9.17, 15) is 19.2 Å². The molecule has 0 aliphatic rings. The number of carbonyl (C=O) groups excluding carboxylic acids is 4. The molecule has 174 valence electrons. The first kappa shape index (κ1) is 27.5. The summed E-state index contributed by atoms with van der Waals surface area (Å²) in [5.41, 5.74) is 0. The molecule has 10 nitrogen and oxygen atoms in total. The van der Waals surface area contributed by atoms with Crippen molar-refractivity contribution in [3.8, 4) is 0 Å². The van der Waals surface area contributed by atoms with Gasteiger partial charge in [-0.25, -0.2) is 9.59 Å². The molecule has 0 aliphatic heterocycles. The normalized spacial score (nSPS) is 12.3. The predicted molar refractivity (Wildman–Crippen MR) is 104 cm³/mol. The number of unbranched alkanes of at least 4 members (excludes halogenated alkanes) is 5. The van der Waals surface area contributed by atoms with Crippen molar-refractivity contribution in [2.24, 2.45) is 0 Å². The second-order valence-corrected chi connectivity index (χ2v) is 6.34. The molecule has 2 unspecified atom stereocenters. The third-order valence-electron chi connectivity index (χ3n) is 3.66. The van der Waals surface area contributed by atoms with Gasteiger partial charge in [0.05, 0.1) is 13.2 Å². The van der Waals surface area contributed by atoms with E-state index in [1.54, 1.807) is 13.8 Å². The Morgan fingerprint density at radius 1 is 0.567 bits per heavy atom. The van der Waals surface area contributed by atoms with Crippen molar-refractivity contribution in [2.75, 3.05) is 13.2 Å². The SMILES string of the molecule is CCOC(=O)OC(C)OC(=O)CCCCCCCCC(=O)OC(C)OC(=O)OCC. The molecule has 0 aromatic rings. The van der Waals surface area contributed by atoms with E-state index in [2.05, 4.69) is 9.47 Å². The Morgan fingerprint density at radius 2 is 0.900 bits per heavy atom. The Balaban J connectivity index is 3.62. The summed E-state index contributed by atoms with van der Waals surface area (Å²) in [7, 11) is 0. The first-order valence-corrected chi connectivity index (χ1v) is 10.3. The number of hydrogen-bond donors (Lipinski definition) is 0. The zero-order valence-electron chi connectivity index (χ0n) is 18.3. The summed E-state index contributed by atoms with van der Waals surface area (Å²) < 4.78 is 28.6. The zero-order chi connectivity index (χ0) is 22.8. The lowest BCUT2D eigenvalue weighted by atomic mass is 10.1. The van der Waals surface area contributed by atoms with Crippen molar-refractivity contribution in [2.45, 2.75) is 91.6 Å². The van der Waals surface area contributed by atoms with E-state index in [4.69, 9.17) is 18.9 Å². The van der Waals surface area contributed by atoms with E-state index in [0.29, 0.717) is 12.8 Å². The molecule has 0 bridgehead atoms. The van der Waals surface area contributed by atoms with Gasteiger partial charge in [-0.3, -0.25) is 9.59 Å². The predicted octanol–water partition coefficient (Wildman–Crippen LogP) is 4.23. The van der Waals surface area contributed by atoms with Gasteiger partial charge < -0.3 is 28.4 Å². The van der Waals surface area contributed by atoms with Crippen LogP contribution in [0.2, 0.25) is 0 Å². The van der Waals surface area contributed by atoms with Crippen LogP contribution in [-0.4, -0.2) is 50.0 Å². The van der Waals surface area contributed by atoms with Crippen LogP contribution in [0.5, 0.6) is 0 Å². The van der Waals surface area contributed by atoms with Crippen LogP contribution in [0, 0.1) is 0 Å². The second-order valence-electron chi connectivity index (χ2n) is 6.34. The van der Waals surface area contributed by atoms with Crippen LogP contribution in [0.1, 0.15) is 79.1 Å². The monoisotopic (exact) mass is 434 g/mol. The maximum absolute atomic E-state index is 11.6. The lowest BCUT2D eigenvalue weighted by Gasteiger charge is -2.13. The van der Waals surface area contributed by atoms with E-state index in [0.717, 1.165) is 25.7 Å². The fourth-order valence-electron chi connectivity index (χ4n) is 2.36. The number of rotatable bonds is 15. The van der Waals surface area contributed by atoms with Crippen LogP contribution in [0.25, 0.3) is 0 Å². The van der Waals surface area contributed by atoms with Gasteiger partial charge in [-0.2, -0.15) is 0 Å². The van der Waals surface area contributed by atoms with Crippen LogP contribution >= 0.6 is 0 Å². The van der Waals surface area contributed by atoms with Gasteiger partial charge >= 0.3 is 24.2 Å². The van der Waals surface area contributed by atoms with E-state index in [-0.39, 0.29) is 26.1 Å². The molecule has 0 aromatic heterocycles. The highest BCUT2D eigenvalue weighted by molar-refractivity contribution is 5.70. The first-order chi connectivity index (χ1) is 14.3. The fourth-order valence-corrected chi connectivity index (χ4v) is 2.36. The molecule has 0 amide bonds. The molecule has 30 heavy (non-hydrogen) atoms. The summed E-state index contributed by atoms with van der Waals surface area (Å²) in [5, 5.41) is 0. The highest BCUT2D eigenvalue weighted by Gasteiger charge is 2.15. The molecule has 0 saturated carbocycles. The van der Waals surface area contributed by atoms with Gasteiger partial charge in [0.1, 0.15) is 0 Å². The molecule has 10 heteroatoms.